The summed E-state index contributed by atoms with van der Waals surface area (Å²) in [5, 5.41) is 13.5. The number of anilines is 2. The highest BCUT2D eigenvalue weighted by molar-refractivity contribution is 7.84. The van der Waals surface area contributed by atoms with E-state index in [1.807, 2.05) is 0 Å². The van der Waals surface area contributed by atoms with Crippen LogP contribution in [0.15, 0.2) is 34.2 Å². The zero-order valence-electron chi connectivity index (χ0n) is 10.2. The van der Waals surface area contributed by atoms with Crippen LogP contribution in [0.5, 0.6) is 0 Å². The molecule has 1 atom stereocenters. The van der Waals surface area contributed by atoms with Crippen molar-refractivity contribution in [3.63, 3.8) is 0 Å². The van der Waals surface area contributed by atoms with Gasteiger partial charge in [-0.15, -0.1) is 0 Å². The quantitative estimate of drug-likeness (QED) is 0.622. The molecule has 9 nitrogen and oxygen atoms in total. The van der Waals surface area contributed by atoms with Gasteiger partial charge in [-0.3, -0.25) is 24.1 Å². The molecule has 0 aromatic carbocycles. The van der Waals surface area contributed by atoms with E-state index in [-0.39, 0.29) is 5.95 Å². The molecule has 2 aromatic rings. The van der Waals surface area contributed by atoms with Gasteiger partial charge in [0, 0.05) is 6.26 Å². The van der Waals surface area contributed by atoms with Crippen LogP contribution < -0.4 is 10.9 Å². The lowest BCUT2D eigenvalue weighted by Gasteiger charge is -2.04. The molecule has 0 saturated carbocycles. The highest BCUT2D eigenvalue weighted by atomic mass is 32.2. The number of hydrogen-bond acceptors (Lipinski definition) is 7. The summed E-state index contributed by atoms with van der Waals surface area (Å²) in [5.74, 6) is 0.321. The van der Waals surface area contributed by atoms with Gasteiger partial charge >= 0.3 is 11.2 Å². The van der Waals surface area contributed by atoms with Gasteiger partial charge in [0.05, 0.1) is 15.7 Å². The normalized spacial score (nSPS) is 11.8. The number of nitrogens with one attached hydrogen (secondary N) is 2. The van der Waals surface area contributed by atoms with Crippen LogP contribution in [-0.2, 0) is 10.8 Å². The number of rotatable bonds is 4. The second-order valence-corrected chi connectivity index (χ2v) is 4.97. The van der Waals surface area contributed by atoms with Gasteiger partial charge in [-0.1, -0.05) is 6.07 Å². The van der Waals surface area contributed by atoms with E-state index in [0.717, 1.165) is 6.20 Å². The fraction of sp³-hybridized carbons (Fsp3) is 0.100. The Morgan fingerprint density at radius 1 is 1.45 bits per heavy atom. The fourth-order valence-corrected chi connectivity index (χ4v) is 1.84. The van der Waals surface area contributed by atoms with Crippen LogP contribution in [0, 0.1) is 10.1 Å². The Morgan fingerprint density at radius 3 is 2.80 bits per heavy atom. The third-order valence-electron chi connectivity index (χ3n) is 2.24. The van der Waals surface area contributed by atoms with Crippen molar-refractivity contribution < 1.29 is 9.13 Å². The monoisotopic (exact) mass is 295 g/mol. The van der Waals surface area contributed by atoms with E-state index in [9.17, 15) is 19.1 Å². The van der Waals surface area contributed by atoms with Crippen LogP contribution in [0.4, 0.5) is 17.5 Å². The average molecular weight is 295 g/mol. The third-order valence-corrected chi connectivity index (χ3v) is 3.06. The molecule has 0 amide bonds. The SMILES string of the molecule is CS(=O)c1cccc(Nc2ncc([N+](=O)[O-])c(=O)[nH]2)n1. The van der Waals surface area contributed by atoms with E-state index in [0.29, 0.717) is 10.8 Å². The molecule has 2 rings (SSSR count). The molecule has 0 radical (unpaired) electrons. The van der Waals surface area contributed by atoms with Gasteiger partial charge in [0.25, 0.3) is 0 Å². The molecule has 0 saturated heterocycles. The Kier molecular flexibility index (Phi) is 3.84. The van der Waals surface area contributed by atoms with Crippen molar-refractivity contribution in [1.82, 2.24) is 15.0 Å². The molecule has 2 N–H and O–H groups in total. The smallest absolute Gasteiger partial charge is 0.310 e. The Hall–Kier alpha value is -2.62. The molecule has 20 heavy (non-hydrogen) atoms. The van der Waals surface area contributed by atoms with E-state index >= 15 is 0 Å². The maximum atomic E-state index is 11.4. The van der Waals surface area contributed by atoms with Gasteiger partial charge in [0.2, 0.25) is 5.95 Å². The Morgan fingerprint density at radius 2 is 2.20 bits per heavy atom. The van der Waals surface area contributed by atoms with Crippen molar-refractivity contribution in [2.75, 3.05) is 11.6 Å². The minimum atomic E-state index is -1.24. The Balaban J connectivity index is 2.29. The molecule has 2 aromatic heterocycles. The minimum Gasteiger partial charge on any atom is -0.310 e. The lowest BCUT2D eigenvalue weighted by molar-refractivity contribution is -0.386. The molecule has 0 aliphatic heterocycles. The van der Waals surface area contributed by atoms with Gasteiger partial charge in [-0.25, -0.2) is 9.97 Å². The van der Waals surface area contributed by atoms with Crippen LogP contribution in [0.1, 0.15) is 0 Å². The highest BCUT2D eigenvalue weighted by Gasteiger charge is 2.13. The van der Waals surface area contributed by atoms with Crippen LogP contribution >= 0.6 is 0 Å². The first-order chi connectivity index (χ1) is 9.47. The molecule has 2 heterocycles. The fourth-order valence-electron chi connectivity index (χ4n) is 1.35. The lowest BCUT2D eigenvalue weighted by atomic mass is 10.4. The summed E-state index contributed by atoms with van der Waals surface area (Å²) in [5.41, 5.74) is -1.52. The van der Waals surface area contributed by atoms with Gasteiger partial charge in [-0.2, -0.15) is 0 Å². The Bertz CT molecular complexity index is 744. The molecule has 0 aliphatic rings. The van der Waals surface area contributed by atoms with Crippen LogP contribution in [0.2, 0.25) is 0 Å². The number of hydrogen-bond donors (Lipinski definition) is 2. The summed E-state index contributed by atoms with van der Waals surface area (Å²) >= 11 is 0. The van der Waals surface area contributed by atoms with E-state index in [4.69, 9.17) is 0 Å². The maximum Gasteiger partial charge on any atom is 0.352 e. The molecular formula is C10H9N5O4S. The predicted molar refractivity (Wildman–Crippen MR) is 71.4 cm³/mol. The molecule has 0 aliphatic carbocycles. The molecule has 10 heteroatoms. The summed E-state index contributed by atoms with van der Waals surface area (Å²) < 4.78 is 11.3. The Labute approximate surface area is 114 Å². The van der Waals surface area contributed by atoms with Crippen molar-refractivity contribution in [2.24, 2.45) is 0 Å². The summed E-state index contributed by atoms with van der Waals surface area (Å²) in [7, 11) is -1.24. The van der Waals surface area contributed by atoms with Crippen molar-refractivity contribution in [3.8, 4) is 0 Å². The number of pyridine rings is 1. The van der Waals surface area contributed by atoms with Gasteiger partial charge < -0.3 is 5.32 Å². The standard InChI is InChI=1S/C10H9N5O4S/c1-20(19)8-4-2-3-7(12-8)13-10-11-5-6(15(17)18)9(16)14-10/h2-5H,1H3,(H2,11,12,13,14,16). The number of aromatic nitrogens is 3. The summed E-state index contributed by atoms with van der Waals surface area (Å²) in [4.78, 5) is 31.0. The molecular weight excluding hydrogens is 286 g/mol. The summed E-state index contributed by atoms with van der Waals surface area (Å²) in [6.07, 6.45) is 2.33. The van der Waals surface area contributed by atoms with E-state index in [2.05, 4.69) is 20.3 Å². The second-order valence-electron chi connectivity index (χ2n) is 3.64. The maximum absolute atomic E-state index is 11.4. The first-order valence-corrected chi connectivity index (χ1v) is 6.84. The van der Waals surface area contributed by atoms with Gasteiger partial charge in [0.15, 0.2) is 0 Å². The van der Waals surface area contributed by atoms with Crippen LogP contribution in [-0.4, -0.2) is 30.3 Å². The molecule has 1 unspecified atom stereocenters. The highest BCUT2D eigenvalue weighted by Crippen LogP contribution is 2.12. The zero-order chi connectivity index (χ0) is 14.7. The van der Waals surface area contributed by atoms with Crippen molar-refractivity contribution >= 4 is 28.3 Å². The topological polar surface area (TPSA) is 131 Å². The number of nitro groups is 1. The molecule has 0 spiro atoms. The van der Waals surface area contributed by atoms with Crippen LogP contribution in [0.25, 0.3) is 0 Å². The van der Waals surface area contributed by atoms with E-state index < -0.39 is 27.0 Å². The summed E-state index contributed by atoms with van der Waals surface area (Å²) in [6.45, 7) is 0. The number of nitrogens with zero attached hydrogens (tertiary/aromatic N) is 3. The molecule has 104 valence electrons. The third kappa shape index (κ3) is 3.03. The first kappa shape index (κ1) is 13.8. The molecule has 0 bridgehead atoms. The van der Waals surface area contributed by atoms with Crippen molar-refractivity contribution in [1.29, 1.82) is 0 Å². The molecule has 0 fully saturated rings. The van der Waals surface area contributed by atoms with E-state index in [1.165, 1.54) is 6.26 Å². The zero-order valence-corrected chi connectivity index (χ0v) is 11.0. The first-order valence-electron chi connectivity index (χ1n) is 5.28. The number of aromatic amines is 1. The minimum absolute atomic E-state index is 0.00661. The van der Waals surface area contributed by atoms with E-state index in [1.54, 1.807) is 18.2 Å². The van der Waals surface area contributed by atoms with Gasteiger partial charge in [-0.05, 0) is 12.1 Å². The number of H-pyrrole nitrogens is 1. The largest absolute Gasteiger partial charge is 0.352 e. The lowest BCUT2D eigenvalue weighted by Crippen LogP contribution is -2.14. The average Bonchev–Trinajstić information content (AvgIpc) is 2.38. The summed E-state index contributed by atoms with van der Waals surface area (Å²) in [6, 6.07) is 4.81. The predicted octanol–water partition coefficient (Wildman–Crippen LogP) is 0.554. The van der Waals surface area contributed by atoms with Crippen molar-refractivity contribution in [2.45, 2.75) is 5.03 Å². The second kappa shape index (κ2) is 5.57. The van der Waals surface area contributed by atoms with Crippen LogP contribution in [0.3, 0.4) is 0 Å². The van der Waals surface area contributed by atoms with Crippen molar-refractivity contribution in [3.05, 3.63) is 44.9 Å². The van der Waals surface area contributed by atoms with Gasteiger partial charge in [0.1, 0.15) is 17.0 Å².